The predicted octanol–water partition coefficient (Wildman–Crippen LogP) is 5.88. The number of hydrogen-bond donors (Lipinski definition) is 0. The van der Waals surface area contributed by atoms with Gasteiger partial charge in [-0.3, -0.25) is 9.48 Å². The Hall–Kier alpha value is -3.32. The van der Waals surface area contributed by atoms with Gasteiger partial charge in [0, 0.05) is 53.2 Å². The summed E-state index contributed by atoms with van der Waals surface area (Å²) in [6, 6.07) is 9.54. The first-order valence-corrected chi connectivity index (χ1v) is 11.7. The number of rotatable bonds is 4. The van der Waals surface area contributed by atoms with Gasteiger partial charge in [-0.25, -0.2) is 8.78 Å². The maximum Gasteiger partial charge on any atom is 0.258 e. The molecule has 34 heavy (non-hydrogen) atoms. The first-order valence-electron chi connectivity index (χ1n) is 11.7. The molecule has 0 unspecified atom stereocenters. The van der Waals surface area contributed by atoms with Gasteiger partial charge in [0.1, 0.15) is 11.6 Å². The van der Waals surface area contributed by atoms with Gasteiger partial charge < -0.3 is 9.30 Å². The van der Waals surface area contributed by atoms with Gasteiger partial charge in [-0.1, -0.05) is 17.7 Å². The maximum atomic E-state index is 14.8. The van der Waals surface area contributed by atoms with Crippen LogP contribution in [0.4, 0.5) is 8.78 Å². The fourth-order valence-corrected chi connectivity index (χ4v) is 4.99. The van der Waals surface area contributed by atoms with E-state index in [4.69, 9.17) is 4.74 Å². The highest BCUT2D eigenvalue weighted by Gasteiger charge is 2.30. The normalized spacial score (nSPS) is 20.7. The summed E-state index contributed by atoms with van der Waals surface area (Å²) in [7, 11) is 0. The zero-order valence-electron chi connectivity index (χ0n) is 18.9. The summed E-state index contributed by atoms with van der Waals surface area (Å²) in [6.45, 7) is 2.44. The minimum Gasteiger partial charge on any atom is -0.373 e. The lowest BCUT2D eigenvalue weighted by atomic mass is 9.96. The third-order valence-electron chi connectivity index (χ3n) is 6.98. The van der Waals surface area contributed by atoms with E-state index in [1.54, 1.807) is 10.8 Å². The largest absolute Gasteiger partial charge is 0.373 e. The van der Waals surface area contributed by atoms with Crippen LogP contribution < -0.4 is 5.56 Å². The van der Waals surface area contributed by atoms with E-state index in [-0.39, 0.29) is 23.3 Å². The molecule has 1 saturated heterocycles. The molecule has 1 saturated carbocycles. The van der Waals surface area contributed by atoms with Crippen molar-refractivity contribution in [3.63, 3.8) is 0 Å². The third kappa shape index (κ3) is 3.74. The summed E-state index contributed by atoms with van der Waals surface area (Å²) < 4.78 is 38.2. The minimum absolute atomic E-state index is 0.107. The molecule has 0 bridgehead atoms. The number of hydrogen-bond acceptors (Lipinski definition) is 3. The number of ether oxygens (including phenoxy) is 1. The molecule has 174 valence electrons. The summed E-state index contributed by atoms with van der Waals surface area (Å²) in [5.41, 5.74) is 2.72. The molecule has 0 amide bonds. The van der Waals surface area contributed by atoms with E-state index >= 15 is 0 Å². The second-order valence-corrected chi connectivity index (χ2v) is 9.45. The van der Waals surface area contributed by atoms with Gasteiger partial charge in [0.25, 0.3) is 5.56 Å². The molecule has 0 radical (unpaired) electrons. The molecule has 4 aromatic rings. The van der Waals surface area contributed by atoms with Crippen LogP contribution in [0.1, 0.15) is 55.0 Å². The molecule has 1 aliphatic carbocycles. The summed E-state index contributed by atoms with van der Waals surface area (Å²) in [5.74, 6) is -1.28. The number of fused-ring (bicyclic) bond motifs is 1. The topological polar surface area (TPSA) is 49.0 Å². The Morgan fingerprint density at radius 1 is 0.971 bits per heavy atom. The summed E-state index contributed by atoms with van der Waals surface area (Å²) in [4.78, 5) is 13.6. The van der Waals surface area contributed by atoms with Crippen molar-refractivity contribution >= 4 is 10.8 Å². The number of pyridine rings is 1. The molecule has 7 heteroatoms. The first kappa shape index (κ1) is 21.2. The SMILES string of the molecule is Cc1ccc2c(-c3ccc(F)cc3F)cn([C@@H]3CCO[C@@H](c4cnn(C5CC5)c4)C3)c(=O)c2c1. The van der Waals surface area contributed by atoms with Gasteiger partial charge >= 0.3 is 0 Å². The number of aryl methyl sites for hydroxylation is 1. The molecule has 2 fully saturated rings. The van der Waals surface area contributed by atoms with Crippen molar-refractivity contribution in [3.8, 4) is 11.1 Å². The molecular weight excluding hydrogens is 436 g/mol. The van der Waals surface area contributed by atoms with Gasteiger partial charge in [-0.15, -0.1) is 0 Å². The van der Waals surface area contributed by atoms with Gasteiger partial charge in [0.05, 0.1) is 18.3 Å². The zero-order chi connectivity index (χ0) is 23.4. The molecule has 2 aliphatic rings. The fraction of sp³-hybridized carbons (Fsp3) is 0.333. The second kappa shape index (κ2) is 8.17. The van der Waals surface area contributed by atoms with Crippen LogP contribution in [-0.4, -0.2) is 21.0 Å². The Balaban J connectivity index is 1.44. The molecule has 2 aromatic carbocycles. The van der Waals surface area contributed by atoms with Gasteiger partial charge in [0.2, 0.25) is 0 Å². The summed E-state index contributed by atoms with van der Waals surface area (Å²) >= 11 is 0. The quantitative estimate of drug-likeness (QED) is 0.381. The Labute approximate surface area is 195 Å². The average molecular weight is 462 g/mol. The van der Waals surface area contributed by atoms with Gasteiger partial charge in [-0.2, -0.15) is 5.10 Å². The molecule has 0 N–H and O–H groups in total. The molecule has 2 atom stereocenters. The van der Waals surface area contributed by atoms with Crippen LogP contribution in [0.5, 0.6) is 0 Å². The van der Waals surface area contributed by atoms with E-state index < -0.39 is 11.6 Å². The second-order valence-electron chi connectivity index (χ2n) is 9.45. The molecule has 5 nitrogen and oxygen atoms in total. The van der Waals surface area contributed by atoms with Crippen LogP contribution >= 0.6 is 0 Å². The number of aromatic nitrogens is 3. The van der Waals surface area contributed by atoms with Crippen LogP contribution in [-0.2, 0) is 4.74 Å². The molecule has 0 spiro atoms. The number of halogens is 2. The monoisotopic (exact) mass is 461 g/mol. The molecule has 3 heterocycles. The van der Waals surface area contributed by atoms with E-state index in [1.165, 1.54) is 12.1 Å². The van der Waals surface area contributed by atoms with Crippen LogP contribution in [0.2, 0.25) is 0 Å². The standard InChI is InChI=1S/C27H25F2N3O2/c1-16-2-6-21-23(10-16)27(33)31(15-24(21)22-7-3-18(28)11-25(22)29)20-8-9-34-26(12-20)17-13-30-32(14-17)19-4-5-19/h2-3,6-7,10-11,13-15,19-20,26H,4-5,8-9,12H2,1H3/t20-,26-/m1/s1. The maximum absolute atomic E-state index is 14.8. The Bertz CT molecular complexity index is 1450. The Morgan fingerprint density at radius 2 is 1.82 bits per heavy atom. The summed E-state index contributed by atoms with van der Waals surface area (Å²) in [5, 5.41) is 5.68. The molecule has 2 aromatic heterocycles. The Kier molecular flexibility index (Phi) is 5.10. The average Bonchev–Trinajstić information content (AvgIpc) is 3.56. The van der Waals surface area contributed by atoms with Crippen molar-refractivity contribution in [3.05, 3.63) is 88.1 Å². The van der Waals surface area contributed by atoms with Crippen LogP contribution in [0.15, 0.2) is 59.8 Å². The zero-order valence-corrected chi connectivity index (χ0v) is 18.9. The van der Waals surface area contributed by atoms with Crippen LogP contribution in [0.3, 0.4) is 0 Å². The Morgan fingerprint density at radius 3 is 2.62 bits per heavy atom. The van der Waals surface area contributed by atoms with Crippen LogP contribution in [0, 0.1) is 18.6 Å². The van der Waals surface area contributed by atoms with Crippen molar-refractivity contribution in [2.24, 2.45) is 0 Å². The highest BCUT2D eigenvalue weighted by Crippen LogP contribution is 2.38. The molecule has 6 rings (SSSR count). The molecule has 1 aliphatic heterocycles. The van der Waals surface area contributed by atoms with E-state index in [1.807, 2.05) is 36.0 Å². The fourth-order valence-electron chi connectivity index (χ4n) is 4.99. The third-order valence-corrected chi connectivity index (χ3v) is 6.98. The highest BCUT2D eigenvalue weighted by atomic mass is 19.1. The lowest BCUT2D eigenvalue weighted by Gasteiger charge is -2.31. The van der Waals surface area contributed by atoms with Crippen molar-refractivity contribution in [1.29, 1.82) is 0 Å². The number of benzene rings is 2. The van der Waals surface area contributed by atoms with E-state index in [9.17, 15) is 13.6 Å². The number of nitrogens with zero attached hydrogens (tertiary/aromatic N) is 3. The first-order chi connectivity index (χ1) is 16.5. The summed E-state index contributed by atoms with van der Waals surface area (Å²) in [6.07, 6.45) is 9.10. The van der Waals surface area contributed by atoms with E-state index in [2.05, 4.69) is 11.3 Å². The highest BCUT2D eigenvalue weighted by molar-refractivity contribution is 5.96. The van der Waals surface area contributed by atoms with Crippen molar-refractivity contribution in [2.45, 2.75) is 50.8 Å². The van der Waals surface area contributed by atoms with Gasteiger partial charge in [0.15, 0.2) is 0 Å². The van der Waals surface area contributed by atoms with Crippen molar-refractivity contribution in [1.82, 2.24) is 14.3 Å². The van der Waals surface area contributed by atoms with Gasteiger partial charge in [-0.05, 0) is 56.2 Å². The lowest BCUT2D eigenvalue weighted by molar-refractivity contribution is -0.00759. The van der Waals surface area contributed by atoms with E-state index in [0.29, 0.717) is 41.8 Å². The van der Waals surface area contributed by atoms with Crippen molar-refractivity contribution < 1.29 is 13.5 Å². The lowest BCUT2D eigenvalue weighted by Crippen LogP contribution is -2.30. The van der Waals surface area contributed by atoms with Crippen LogP contribution in [0.25, 0.3) is 21.9 Å². The molecular formula is C27H25F2N3O2. The minimum atomic E-state index is -0.649. The predicted molar refractivity (Wildman–Crippen MR) is 126 cm³/mol. The smallest absolute Gasteiger partial charge is 0.258 e. The van der Waals surface area contributed by atoms with Crippen molar-refractivity contribution in [2.75, 3.05) is 6.61 Å². The van der Waals surface area contributed by atoms with E-state index in [0.717, 1.165) is 30.0 Å².